The van der Waals surface area contributed by atoms with Gasteiger partial charge in [-0.1, -0.05) is 17.7 Å². The SMILES string of the molecule is CCOC(=O)CNC(=O)NCc1ccc(F)c(Cl)c1. The predicted molar refractivity (Wildman–Crippen MR) is 68.3 cm³/mol. The lowest BCUT2D eigenvalue weighted by Gasteiger charge is -2.07. The highest BCUT2D eigenvalue weighted by molar-refractivity contribution is 6.30. The number of ether oxygens (including phenoxy) is 1. The first kappa shape index (κ1) is 15.2. The average molecular weight is 289 g/mol. The van der Waals surface area contributed by atoms with Crippen LogP contribution in [0, 0.1) is 5.82 Å². The summed E-state index contributed by atoms with van der Waals surface area (Å²) in [6.45, 7) is 1.91. The number of carbonyl (C=O) groups excluding carboxylic acids is 2. The van der Waals surface area contributed by atoms with Crippen molar-refractivity contribution in [2.24, 2.45) is 0 Å². The van der Waals surface area contributed by atoms with Gasteiger partial charge in [0.1, 0.15) is 12.4 Å². The smallest absolute Gasteiger partial charge is 0.325 e. The van der Waals surface area contributed by atoms with Crippen molar-refractivity contribution < 1.29 is 18.7 Å². The molecule has 1 rings (SSSR count). The normalized spacial score (nSPS) is 9.84. The highest BCUT2D eigenvalue weighted by Gasteiger charge is 2.06. The molecular weight excluding hydrogens is 275 g/mol. The Kier molecular flexibility index (Phi) is 6.08. The van der Waals surface area contributed by atoms with Crippen molar-refractivity contribution >= 4 is 23.6 Å². The molecule has 0 aliphatic carbocycles. The van der Waals surface area contributed by atoms with Gasteiger partial charge in [0.25, 0.3) is 0 Å². The Hall–Kier alpha value is -1.82. The van der Waals surface area contributed by atoms with Gasteiger partial charge in [-0.2, -0.15) is 0 Å². The quantitative estimate of drug-likeness (QED) is 0.813. The Bertz CT molecular complexity index is 468. The molecule has 1 aromatic rings. The Morgan fingerprint density at radius 2 is 2.11 bits per heavy atom. The molecule has 2 amide bonds. The zero-order valence-electron chi connectivity index (χ0n) is 10.3. The third-order valence-electron chi connectivity index (χ3n) is 2.14. The zero-order valence-corrected chi connectivity index (χ0v) is 11.1. The molecule has 0 saturated carbocycles. The van der Waals surface area contributed by atoms with Gasteiger partial charge in [0.2, 0.25) is 0 Å². The second-order valence-corrected chi connectivity index (χ2v) is 4.00. The summed E-state index contributed by atoms with van der Waals surface area (Å²) in [6, 6.07) is 3.62. The van der Waals surface area contributed by atoms with Crippen molar-refractivity contribution in [2.75, 3.05) is 13.2 Å². The van der Waals surface area contributed by atoms with Crippen LogP contribution >= 0.6 is 11.6 Å². The number of rotatable bonds is 5. The molecule has 0 spiro atoms. The molecule has 0 aliphatic heterocycles. The number of esters is 1. The van der Waals surface area contributed by atoms with Gasteiger partial charge in [0, 0.05) is 6.54 Å². The standard InChI is InChI=1S/C12H14ClFN2O3/c1-2-19-11(17)7-16-12(18)15-6-8-3-4-10(14)9(13)5-8/h3-5H,2,6-7H2,1H3,(H2,15,16,18). The molecule has 0 aliphatic rings. The third-order valence-corrected chi connectivity index (χ3v) is 2.43. The highest BCUT2D eigenvalue weighted by atomic mass is 35.5. The Balaban J connectivity index is 2.33. The fraction of sp³-hybridized carbons (Fsp3) is 0.333. The first-order valence-electron chi connectivity index (χ1n) is 5.64. The van der Waals surface area contributed by atoms with Gasteiger partial charge in [-0.05, 0) is 24.6 Å². The van der Waals surface area contributed by atoms with Crippen molar-refractivity contribution in [1.82, 2.24) is 10.6 Å². The summed E-state index contributed by atoms with van der Waals surface area (Å²) in [5, 5.41) is 4.83. The van der Waals surface area contributed by atoms with Gasteiger partial charge in [-0.15, -0.1) is 0 Å². The van der Waals surface area contributed by atoms with Gasteiger partial charge >= 0.3 is 12.0 Å². The maximum atomic E-state index is 12.9. The maximum Gasteiger partial charge on any atom is 0.325 e. The predicted octanol–water partition coefficient (Wildman–Crippen LogP) is 1.84. The molecule has 5 nitrogen and oxygen atoms in total. The number of carbonyl (C=O) groups is 2. The summed E-state index contributed by atoms with van der Waals surface area (Å²) in [5.41, 5.74) is 0.651. The Labute approximate surface area is 115 Å². The van der Waals surface area contributed by atoms with E-state index in [-0.39, 0.29) is 24.7 Å². The molecule has 19 heavy (non-hydrogen) atoms. The zero-order chi connectivity index (χ0) is 14.3. The molecule has 0 aromatic heterocycles. The lowest BCUT2D eigenvalue weighted by molar-refractivity contribution is -0.141. The first-order valence-corrected chi connectivity index (χ1v) is 6.02. The lowest BCUT2D eigenvalue weighted by Crippen LogP contribution is -2.38. The van der Waals surface area contributed by atoms with Crippen molar-refractivity contribution in [2.45, 2.75) is 13.5 Å². The Morgan fingerprint density at radius 1 is 1.37 bits per heavy atom. The minimum absolute atomic E-state index is 0.00812. The first-order chi connectivity index (χ1) is 9.02. The second kappa shape index (κ2) is 7.58. The van der Waals surface area contributed by atoms with Gasteiger partial charge < -0.3 is 15.4 Å². The molecule has 0 saturated heterocycles. The number of amides is 2. The van der Waals surface area contributed by atoms with E-state index in [1.807, 2.05) is 0 Å². The molecule has 0 atom stereocenters. The van der Waals surface area contributed by atoms with E-state index in [0.717, 1.165) is 0 Å². The number of benzene rings is 1. The molecule has 7 heteroatoms. The van der Waals surface area contributed by atoms with Crippen molar-refractivity contribution in [1.29, 1.82) is 0 Å². The minimum Gasteiger partial charge on any atom is -0.465 e. The molecule has 0 fully saturated rings. The van der Waals surface area contributed by atoms with Crippen LogP contribution in [0.4, 0.5) is 9.18 Å². The molecule has 2 N–H and O–H groups in total. The summed E-state index contributed by atoms with van der Waals surface area (Å²) >= 11 is 5.60. The van der Waals surface area contributed by atoms with E-state index in [2.05, 4.69) is 15.4 Å². The van der Waals surface area contributed by atoms with E-state index in [1.54, 1.807) is 6.92 Å². The monoisotopic (exact) mass is 288 g/mol. The topological polar surface area (TPSA) is 67.4 Å². The molecule has 104 valence electrons. The van der Waals surface area contributed by atoms with E-state index >= 15 is 0 Å². The average Bonchev–Trinajstić information content (AvgIpc) is 2.38. The summed E-state index contributed by atoms with van der Waals surface area (Å²) in [4.78, 5) is 22.3. The van der Waals surface area contributed by atoms with Gasteiger partial charge in [0.05, 0.1) is 11.6 Å². The maximum absolute atomic E-state index is 12.9. The number of hydrogen-bond donors (Lipinski definition) is 2. The third kappa shape index (κ3) is 5.56. The summed E-state index contributed by atoms with van der Waals surface area (Å²) in [7, 11) is 0. The van der Waals surface area contributed by atoms with Gasteiger partial charge in [0.15, 0.2) is 0 Å². The molecular formula is C12H14ClFN2O3. The van der Waals surface area contributed by atoms with Crippen LogP contribution in [-0.4, -0.2) is 25.2 Å². The minimum atomic E-state index is -0.520. The summed E-state index contributed by atoms with van der Waals surface area (Å²) < 4.78 is 17.5. The summed E-state index contributed by atoms with van der Waals surface area (Å²) in [5.74, 6) is -1.03. The van der Waals surface area contributed by atoms with E-state index < -0.39 is 17.8 Å². The van der Waals surface area contributed by atoms with Crippen LogP contribution < -0.4 is 10.6 Å². The molecule has 0 unspecified atom stereocenters. The molecule has 1 aromatic carbocycles. The van der Waals surface area contributed by atoms with Crippen LogP contribution in [-0.2, 0) is 16.1 Å². The van der Waals surface area contributed by atoms with Crippen molar-refractivity contribution in [3.05, 3.63) is 34.6 Å². The van der Waals surface area contributed by atoms with E-state index in [4.69, 9.17) is 11.6 Å². The highest BCUT2D eigenvalue weighted by Crippen LogP contribution is 2.15. The number of hydrogen-bond acceptors (Lipinski definition) is 3. The fourth-order valence-electron chi connectivity index (χ4n) is 1.26. The van der Waals surface area contributed by atoms with Crippen molar-refractivity contribution in [3.63, 3.8) is 0 Å². The van der Waals surface area contributed by atoms with Crippen LogP contribution in [0.15, 0.2) is 18.2 Å². The second-order valence-electron chi connectivity index (χ2n) is 3.59. The lowest BCUT2D eigenvalue weighted by atomic mass is 10.2. The van der Waals surface area contributed by atoms with Crippen LogP contribution in [0.1, 0.15) is 12.5 Å². The van der Waals surface area contributed by atoms with Crippen LogP contribution in [0.5, 0.6) is 0 Å². The van der Waals surface area contributed by atoms with Gasteiger partial charge in [-0.25, -0.2) is 9.18 Å². The van der Waals surface area contributed by atoms with Crippen LogP contribution in [0.2, 0.25) is 5.02 Å². The Morgan fingerprint density at radius 3 is 2.74 bits per heavy atom. The summed E-state index contributed by atoms with van der Waals surface area (Å²) in [6.07, 6.45) is 0. The molecule has 0 heterocycles. The molecule has 0 radical (unpaired) electrons. The van der Waals surface area contributed by atoms with E-state index in [0.29, 0.717) is 5.56 Å². The fourth-order valence-corrected chi connectivity index (χ4v) is 1.46. The number of nitrogens with one attached hydrogen (secondary N) is 2. The van der Waals surface area contributed by atoms with E-state index in [1.165, 1.54) is 18.2 Å². The van der Waals surface area contributed by atoms with Crippen LogP contribution in [0.3, 0.4) is 0 Å². The van der Waals surface area contributed by atoms with Crippen LogP contribution in [0.25, 0.3) is 0 Å². The van der Waals surface area contributed by atoms with Crippen molar-refractivity contribution in [3.8, 4) is 0 Å². The van der Waals surface area contributed by atoms with E-state index in [9.17, 15) is 14.0 Å². The van der Waals surface area contributed by atoms with Gasteiger partial charge in [-0.3, -0.25) is 4.79 Å². The largest absolute Gasteiger partial charge is 0.465 e. The molecule has 0 bridgehead atoms. The number of halogens is 2. The number of urea groups is 1.